The normalized spacial score (nSPS) is 23.4. The maximum absolute atomic E-state index is 16.9. The van der Waals surface area contributed by atoms with Crippen molar-refractivity contribution in [3.05, 3.63) is 47.0 Å². The van der Waals surface area contributed by atoms with Crippen molar-refractivity contribution in [2.45, 2.75) is 88.9 Å². The molecule has 8 rings (SSSR count). The fraction of sp³-hybridized carbons (Fsp3) is 0.541. The number of anilines is 2. The monoisotopic (exact) mass is 714 g/mol. The quantitative estimate of drug-likeness (QED) is 0.215. The zero-order valence-corrected chi connectivity index (χ0v) is 30.0. The number of halogens is 2. The van der Waals surface area contributed by atoms with Crippen LogP contribution >= 0.6 is 0 Å². The Morgan fingerprint density at radius 1 is 1.17 bits per heavy atom. The average Bonchev–Trinajstić information content (AvgIpc) is 3.44. The number of amides is 1. The summed E-state index contributed by atoms with van der Waals surface area (Å²) >= 11 is 0. The van der Waals surface area contributed by atoms with Crippen LogP contribution in [-0.2, 0) is 4.79 Å². The molecule has 274 valence electrons. The second-order valence-electron chi connectivity index (χ2n) is 15.1. The number of hydrogen-bond acceptors (Lipinski definition) is 12. The molecule has 0 spiro atoms. The second-order valence-corrected chi connectivity index (χ2v) is 15.1. The Hall–Kier alpha value is -4.79. The Morgan fingerprint density at radius 3 is 2.77 bits per heavy atom. The standard InChI is InChI=1S/C37H44F2N10O3/c1-20(2)34-43-27(52-46-34)8-9-28(50)48-13-10-24(18-48)47(4)35-25-16-41-33(32-29(22-6-7-22)21(3)14-26(40)42-32)30(39)31(25)44-36(45-35)51-19-37-11-5-12-49(37)17-23(38)15-37/h8-9,14,16,20,22-24H,5-7,10-13,15,17-19H2,1-4H3,(H2,40,42)/b9-8+/t23-,24-,37+/m1/s1. The number of likely N-dealkylation sites (N-methyl/N-ethyl adjacent to an activating group) is 1. The van der Waals surface area contributed by atoms with E-state index in [9.17, 15) is 9.18 Å². The minimum absolute atomic E-state index is 0.00209. The number of pyridine rings is 2. The van der Waals surface area contributed by atoms with Gasteiger partial charge in [-0.05, 0) is 68.7 Å². The van der Waals surface area contributed by atoms with E-state index in [-0.39, 0.29) is 53.5 Å². The third kappa shape index (κ3) is 6.32. The van der Waals surface area contributed by atoms with Crippen molar-refractivity contribution in [1.82, 2.24) is 39.9 Å². The third-order valence-electron chi connectivity index (χ3n) is 11.1. The Balaban J connectivity index is 1.11. The van der Waals surface area contributed by atoms with Crippen LogP contribution < -0.4 is 15.4 Å². The number of aryl methyl sites for hydroxylation is 1. The van der Waals surface area contributed by atoms with Gasteiger partial charge in [0.1, 0.15) is 35.6 Å². The zero-order chi connectivity index (χ0) is 36.3. The first-order valence-electron chi connectivity index (χ1n) is 18.2. The largest absolute Gasteiger partial charge is 0.461 e. The lowest BCUT2D eigenvalue weighted by Gasteiger charge is -2.31. The maximum atomic E-state index is 16.9. The molecule has 0 radical (unpaired) electrons. The van der Waals surface area contributed by atoms with E-state index in [2.05, 4.69) is 30.0 Å². The molecule has 1 amide bonds. The highest BCUT2D eigenvalue weighted by molar-refractivity contribution is 5.93. The van der Waals surface area contributed by atoms with Crippen molar-refractivity contribution < 1.29 is 22.8 Å². The molecule has 3 atom stereocenters. The van der Waals surface area contributed by atoms with Gasteiger partial charge in [0.15, 0.2) is 11.6 Å². The Kier molecular flexibility index (Phi) is 8.79. The van der Waals surface area contributed by atoms with Crippen molar-refractivity contribution >= 4 is 34.5 Å². The molecule has 0 unspecified atom stereocenters. The molecule has 4 aromatic heterocycles. The molecule has 2 N–H and O–H groups in total. The fourth-order valence-electron chi connectivity index (χ4n) is 8.17. The first kappa shape index (κ1) is 34.3. The van der Waals surface area contributed by atoms with Gasteiger partial charge in [-0.15, -0.1) is 0 Å². The van der Waals surface area contributed by atoms with Crippen molar-refractivity contribution in [2.75, 3.05) is 50.5 Å². The highest BCUT2D eigenvalue weighted by Gasteiger charge is 2.49. The van der Waals surface area contributed by atoms with Crippen LogP contribution in [0.25, 0.3) is 28.4 Å². The molecular weight excluding hydrogens is 670 g/mol. The number of fused-ring (bicyclic) bond motifs is 2. The summed E-state index contributed by atoms with van der Waals surface area (Å²) in [5.74, 6) is 1.12. The first-order valence-corrected chi connectivity index (χ1v) is 18.2. The number of rotatable bonds is 10. The van der Waals surface area contributed by atoms with Gasteiger partial charge in [-0.25, -0.2) is 13.8 Å². The molecule has 3 saturated heterocycles. The highest BCUT2D eigenvalue weighted by Crippen LogP contribution is 2.46. The summed E-state index contributed by atoms with van der Waals surface area (Å²) in [6.45, 7) is 8.20. The second kappa shape index (κ2) is 13.3. The summed E-state index contributed by atoms with van der Waals surface area (Å²) in [6.07, 6.45) is 8.42. The van der Waals surface area contributed by atoms with Crippen molar-refractivity contribution in [2.24, 2.45) is 0 Å². The number of nitrogens with zero attached hydrogens (tertiary/aromatic N) is 9. The lowest BCUT2D eigenvalue weighted by molar-refractivity contribution is -0.124. The summed E-state index contributed by atoms with van der Waals surface area (Å²) in [4.78, 5) is 41.9. The lowest BCUT2D eigenvalue weighted by atomic mass is 9.95. The van der Waals surface area contributed by atoms with Gasteiger partial charge in [0.2, 0.25) is 5.91 Å². The van der Waals surface area contributed by atoms with E-state index in [1.807, 2.05) is 38.8 Å². The van der Waals surface area contributed by atoms with Crippen molar-refractivity contribution in [3.63, 3.8) is 0 Å². The van der Waals surface area contributed by atoms with E-state index in [0.29, 0.717) is 61.0 Å². The van der Waals surface area contributed by atoms with Crippen molar-refractivity contribution in [3.8, 4) is 17.4 Å². The third-order valence-corrected chi connectivity index (χ3v) is 11.1. The van der Waals surface area contributed by atoms with Gasteiger partial charge in [-0.1, -0.05) is 19.0 Å². The molecule has 4 aliphatic rings. The highest BCUT2D eigenvalue weighted by atomic mass is 19.1. The van der Waals surface area contributed by atoms with Crippen LogP contribution in [-0.4, -0.2) is 103 Å². The Morgan fingerprint density at radius 2 is 2.00 bits per heavy atom. The van der Waals surface area contributed by atoms with E-state index in [4.69, 9.17) is 20.0 Å². The summed E-state index contributed by atoms with van der Waals surface area (Å²) in [6, 6.07) is 1.67. The molecule has 4 aromatic rings. The van der Waals surface area contributed by atoms with Crippen LogP contribution in [0, 0.1) is 12.7 Å². The molecule has 3 aliphatic heterocycles. The summed E-state index contributed by atoms with van der Waals surface area (Å²) in [5.41, 5.74) is 8.18. The summed E-state index contributed by atoms with van der Waals surface area (Å²) in [5, 5.41) is 4.35. The zero-order valence-electron chi connectivity index (χ0n) is 30.0. The smallest absolute Gasteiger partial charge is 0.319 e. The van der Waals surface area contributed by atoms with Crippen LogP contribution in [0.2, 0.25) is 0 Å². The molecule has 4 fully saturated rings. The number of hydrogen-bond donors (Lipinski definition) is 1. The van der Waals surface area contributed by atoms with Gasteiger partial charge < -0.3 is 24.8 Å². The number of ether oxygens (including phenoxy) is 1. The van der Waals surface area contributed by atoms with Gasteiger partial charge >= 0.3 is 6.01 Å². The van der Waals surface area contributed by atoms with Gasteiger partial charge in [-0.2, -0.15) is 15.0 Å². The van der Waals surface area contributed by atoms with E-state index in [1.54, 1.807) is 11.1 Å². The molecule has 0 aromatic carbocycles. The lowest BCUT2D eigenvalue weighted by Crippen LogP contribution is -2.43. The van der Waals surface area contributed by atoms with Crippen LogP contribution in [0.5, 0.6) is 6.01 Å². The molecular formula is C37H44F2N10O3. The topological polar surface area (TPSA) is 153 Å². The minimum atomic E-state index is -0.920. The van der Waals surface area contributed by atoms with Crippen molar-refractivity contribution in [1.29, 1.82) is 0 Å². The van der Waals surface area contributed by atoms with Crippen LogP contribution in [0.3, 0.4) is 0 Å². The van der Waals surface area contributed by atoms with E-state index in [0.717, 1.165) is 43.4 Å². The van der Waals surface area contributed by atoms with E-state index >= 15 is 4.39 Å². The Labute approximate surface area is 300 Å². The van der Waals surface area contributed by atoms with Crippen LogP contribution in [0.15, 0.2) is 22.9 Å². The van der Waals surface area contributed by atoms with Crippen LogP contribution in [0.1, 0.15) is 87.1 Å². The number of nitrogen functional groups attached to an aromatic ring is 1. The van der Waals surface area contributed by atoms with Gasteiger partial charge in [0.05, 0.1) is 16.6 Å². The molecule has 13 nitrogen and oxygen atoms in total. The van der Waals surface area contributed by atoms with Crippen LogP contribution in [0.4, 0.5) is 20.4 Å². The summed E-state index contributed by atoms with van der Waals surface area (Å²) in [7, 11) is 1.87. The maximum Gasteiger partial charge on any atom is 0.319 e. The SMILES string of the molecule is Cc1cc(N)nc(-c2ncc3c(N(C)[C@@H]4CCN(C(=O)/C=C/c5nc(C(C)C)no5)C4)nc(OC[C@@]45CCCN4C[C@H](F)C5)nc3c2F)c1C1CC1. The number of carbonyl (C=O) groups excluding carboxylic acids is 1. The predicted octanol–water partition coefficient (Wildman–Crippen LogP) is 5.21. The molecule has 1 saturated carbocycles. The fourth-order valence-corrected chi connectivity index (χ4v) is 8.17. The number of nitrogens with two attached hydrogens (primary N) is 1. The minimum Gasteiger partial charge on any atom is -0.461 e. The average molecular weight is 715 g/mol. The molecule has 7 heterocycles. The van der Waals surface area contributed by atoms with Gasteiger partial charge in [0, 0.05) is 63.4 Å². The van der Waals surface area contributed by atoms with Gasteiger partial charge in [-0.3, -0.25) is 14.7 Å². The molecule has 1 aliphatic carbocycles. The number of likely N-dealkylation sites (tertiary alicyclic amines) is 1. The van der Waals surface area contributed by atoms with E-state index < -0.39 is 17.5 Å². The molecule has 52 heavy (non-hydrogen) atoms. The summed E-state index contributed by atoms with van der Waals surface area (Å²) < 4.78 is 43.0. The predicted molar refractivity (Wildman–Crippen MR) is 191 cm³/mol. The molecule has 0 bridgehead atoms. The Bertz CT molecular complexity index is 2050. The van der Waals surface area contributed by atoms with E-state index in [1.165, 1.54) is 12.2 Å². The number of alkyl halides is 1. The first-order chi connectivity index (χ1) is 25.0. The number of aromatic nitrogens is 6. The number of carbonyl (C=O) groups is 1. The molecule has 15 heteroatoms. The van der Waals surface area contributed by atoms with Gasteiger partial charge in [0.25, 0.3) is 5.89 Å².